The summed E-state index contributed by atoms with van der Waals surface area (Å²) in [5.74, 6) is -0.716. The van der Waals surface area contributed by atoms with Crippen LogP contribution in [0, 0.1) is 11.6 Å². The van der Waals surface area contributed by atoms with Crippen LogP contribution in [0.3, 0.4) is 0 Å². The maximum atomic E-state index is 12.9. The molecule has 0 unspecified atom stereocenters. The minimum atomic E-state index is -0.358. The Morgan fingerprint density at radius 1 is 0.722 bits per heavy atom. The highest BCUT2D eigenvalue weighted by Gasteiger charge is 2.05. The van der Waals surface area contributed by atoms with Crippen molar-refractivity contribution in [2.24, 2.45) is 0 Å². The molecule has 0 nitrogen and oxygen atoms in total. The molecule has 0 N–H and O–H groups in total. The first kappa shape index (κ1) is 13.3. The molecule has 4 heteroatoms. The number of benzene rings is 2. The molecule has 2 rings (SSSR count). The van der Waals surface area contributed by atoms with Crippen LogP contribution in [0.2, 0.25) is 10.0 Å². The molecule has 0 aliphatic carbocycles. The lowest BCUT2D eigenvalue weighted by atomic mass is 10.0. The first-order chi connectivity index (χ1) is 8.56. The van der Waals surface area contributed by atoms with Crippen molar-refractivity contribution in [2.45, 2.75) is 12.8 Å². The number of halogens is 4. The van der Waals surface area contributed by atoms with Gasteiger partial charge in [0.15, 0.2) is 0 Å². The zero-order valence-corrected chi connectivity index (χ0v) is 10.9. The van der Waals surface area contributed by atoms with Crippen LogP contribution in [0.5, 0.6) is 0 Å². The molecule has 0 aromatic heterocycles. The molecule has 0 radical (unpaired) electrons. The van der Waals surface area contributed by atoms with Gasteiger partial charge in [0.25, 0.3) is 0 Å². The van der Waals surface area contributed by atoms with Gasteiger partial charge in [-0.05, 0) is 48.2 Å². The second-order valence-electron chi connectivity index (χ2n) is 3.97. The van der Waals surface area contributed by atoms with E-state index in [0.717, 1.165) is 11.1 Å². The van der Waals surface area contributed by atoms with E-state index in [1.807, 2.05) is 0 Å². The van der Waals surface area contributed by atoms with Crippen molar-refractivity contribution in [1.82, 2.24) is 0 Å². The molecular formula is C14H10Cl2F2. The predicted molar refractivity (Wildman–Crippen MR) is 70.2 cm³/mol. The second kappa shape index (κ2) is 5.68. The highest BCUT2D eigenvalue weighted by molar-refractivity contribution is 6.31. The minimum absolute atomic E-state index is 0.358. The van der Waals surface area contributed by atoms with E-state index in [4.69, 9.17) is 23.2 Å². The average molecular weight is 287 g/mol. The predicted octanol–water partition coefficient (Wildman–Crippen LogP) is 5.06. The van der Waals surface area contributed by atoms with Crippen molar-refractivity contribution < 1.29 is 8.78 Å². The third-order valence-corrected chi connectivity index (χ3v) is 3.40. The molecule has 0 amide bonds. The third-order valence-electron chi connectivity index (χ3n) is 2.69. The molecule has 94 valence electrons. The Balaban J connectivity index is 2.11. The molecule has 0 aliphatic rings. The van der Waals surface area contributed by atoms with Crippen molar-refractivity contribution in [3.63, 3.8) is 0 Å². The Morgan fingerprint density at radius 2 is 1.11 bits per heavy atom. The molecule has 0 heterocycles. The zero-order valence-electron chi connectivity index (χ0n) is 9.39. The van der Waals surface area contributed by atoms with Crippen molar-refractivity contribution in [3.8, 4) is 0 Å². The van der Waals surface area contributed by atoms with Crippen LogP contribution in [-0.4, -0.2) is 0 Å². The van der Waals surface area contributed by atoms with Crippen LogP contribution in [0.4, 0.5) is 8.78 Å². The summed E-state index contributed by atoms with van der Waals surface area (Å²) in [6.07, 6.45) is 1.26. The van der Waals surface area contributed by atoms with Gasteiger partial charge in [0, 0.05) is 10.0 Å². The largest absolute Gasteiger partial charge is 0.207 e. The van der Waals surface area contributed by atoms with E-state index in [0.29, 0.717) is 22.9 Å². The molecular weight excluding hydrogens is 277 g/mol. The maximum absolute atomic E-state index is 12.9. The highest BCUT2D eigenvalue weighted by atomic mass is 35.5. The zero-order chi connectivity index (χ0) is 13.1. The normalized spacial score (nSPS) is 10.7. The fourth-order valence-corrected chi connectivity index (χ4v) is 2.24. The van der Waals surface area contributed by atoms with E-state index in [9.17, 15) is 8.78 Å². The monoisotopic (exact) mass is 286 g/mol. The summed E-state index contributed by atoms with van der Waals surface area (Å²) in [6, 6.07) is 8.59. The smallest absolute Gasteiger partial charge is 0.124 e. The highest BCUT2D eigenvalue weighted by Crippen LogP contribution is 2.22. The number of rotatable bonds is 3. The molecule has 0 atom stereocenters. The Morgan fingerprint density at radius 3 is 1.44 bits per heavy atom. The van der Waals surface area contributed by atoms with E-state index in [2.05, 4.69) is 0 Å². The Bertz CT molecular complexity index is 516. The number of hydrogen-bond acceptors (Lipinski definition) is 0. The van der Waals surface area contributed by atoms with Gasteiger partial charge in [-0.15, -0.1) is 0 Å². The lowest BCUT2D eigenvalue weighted by Gasteiger charge is -2.06. The molecule has 2 aromatic rings. The minimum Gasteiger partial charge on any atom is -0.207 e. The van der Waals surface area contributed by atoms with E-state index in [-0.39, 0.29) is 11.6 Å². The quantitative estimate of drug-likeness (QED) is 0.740. The summed E-state index contributed by atoms with van der Waals surface area (Å²) in [6.45, 7) is 0. The topological polar surface area (TPSA) is 0 Å². The number of aryl methyl sites for hydroxylation is 2. The van der Waals surface area contributed by atoms with Gasteiger partial charge in [0.2, 0.25) is 0 Å². The molecule has 0 bridgehead atoms. The first-order valence-corrected chi connectivity index (χ1v) is 6.20. The Hall–Kier alpha value is -1.12. The van der Waals surface area contributed by atoms with Crippen molar-refractivity contribution in [2.75, 3.05) is 0 Å². The van der Waals surface area contributed by atoms with Crippen molar-refractivity contribution in [3.05, 3.63) is 69.2 Å². The van der Waals surface area contributed by atoms with Gasteiger partial charge in [-0.2, -0.15) is 0 Å². The van der Waals surface area contributed by atoms with Crippen LogP contribution >= 0.6 is 23.2 Å². The van der Waals surface area contributed by atoms with Crippen molar-refractivity contribution in [1.29, 1.82) is 0 Å². The van der Waals surface area contributed by atoms with Crippen LogP contribution < -0.4 is 0 Å². The van der Waals surface area contributed by atoms with Gasteiger partial charge in [-0.3, -0.25) is 0 Å². The van der Waals surface area contributed by atoms with Crippen LogP contribution in [-0.2, 0) is 12.8 Å². The lowest BCUT2D eigenvalue weighted by molar-refractivity contribution is 0.626. The standard InChI is InChI=1S/C14H10Cl2F2/c15-13-7-11(17)5-3-9(13)1-2-10-4-6-12(18)8-14(10)16/h3-8H,1-2H2. The fourth-order valence-electron chi connectivity index (χ4n) is 1.72. The van der Waals surface area contributed by atoms with Crippen molar-refractivity contribution >= 4 is 23.2 Å². The summed E-state index contributed by atoms with van der Waals surface area (Å²) >= 11 is 11.9. The fraction of sp³-hybridized carbons (Fsp3) is 0.143. The Labute approximate surface area is 114 Å². The number of hydrogen-bond donors (Lipinski definition) is 0. The molecule has 2 aromatic carbocycles. The molecule has 18 heavy (non-hydrogen) atoms. The molecule has 0 fully saturated rings. The average Bonchev–Trinajstić information content (AvgIpc) is 2.30. The molecule has 0 spiro atoms. The summed E-state index contributed by atoms with van der Waals surface area (Å²) in [7, 11) is 0. The summed E-state index contributed by atoms with van der Waals surface area (Å²) in [5.41, 5.74) is 1.69. The van der Waals surface area contributed by atoms with Gasteiger partial charge in [-0.1, -0.05) is 35.3 Å². The third kappa shape index (κ3) is 3.21. The van der Waals surface area contributed by atoms with E-state index < -0.39 is 0 Å². The summed E-state index contributed by atoms with van der Waals surface area (Å²) < 4.78 is 25.7. The van der Waals surface area contributed by atoms with Gasteiger partial charge >= 0.3 is 0 Å². The van der Waals surface area contributed by atoms with E-state index in [1.54, 1.807) is 12.1 Å². The summed E-state index contributed by atoms with van der Waals surface area (Å²) in [5, 5.41) is 0.793. The van der Waals surface area contributed by atoms with E-state index in [1.165, 1.54) is 24.3 Å². The van der Waals surface area contributed by atoms with E-state index >= 15 is 0 Å². The molecule has 0 saturated carbocycles. The van der Waals surface area contributed by atoms with Crippen LogP contribution in [0.25, 0.3) is 0 Å². The first-order valence-electron chi connectivity index (χ1n) is 5.44. The summed E-state index contributed by atoms with van der Waals surface area (Å²) in [4.78, 5) is 0. The van der Waals surface area contributed by atoms with Crippen LogP contribution in [0.15, 0.2) is 36.4 Å². The van der Waals surface area contributed by atoms with Gasteiger partial charge in [0.1, 0.15) is 11.6 Å². The molecule has 0 saturated heterocycles. The second-order valence-corrected chi connectivity index (χ2v) is 4.79. The van der Waals surface area contributed by atoms with Gasteiger partial charge in [-0.25, -0.2) is 8.78 Å². The maximum Gasteiger partial charge on any atom is 0.124 e. The van der Waals surface area contributed by atoms with Gasteiger partial charge < -0.3 is 0 Å². The Kier molecular flexibility index (Phi) is 4.20. The van der Waals surface area contributed by atoms with Gasteiger partial charge in [0.05, 0.1) is 0 Å². The SMILES string of the molecule is Fc1ccc(CCc2ccc(F)cc2Cl)c(Cl)c1. The molecule has 0 aliphatic heterocycles. The lowest BCUT2D eigenvalue weighted by Crippen LogP contribution is -1.94. The van der Waals surface area contributed by atoms with Crippen LogP contribution in [0.1, 0.15) is 11.1 Å².